The number of nitriles is 2. The fourth-order valence-electron chi connectivity index (χ4n) is 3.05. The number of hydrogen-bond acceptors (Lipinski definition) is 6. The molecule has 0 radical (unpaired) electrons. The lowest BCUT2D eigenvalue weighted by atomic mass is 10.1. The van der Waals surface area contributed by atoms with E-state index in [0.29, 0.717) is 0 Å². The van der Waals surface area contributed by atoms with Gasteiger partial charge >= 0.3 is 7.32 Å². The summed E-state index contributed by atoms with van der Waals surface area (Å²) in [5.41, 5.74) is 0. The summed E-state index contributed by atoms with van der Waals surface area (Å²) in [6, 6.07) is 3.38. The number of hydrogen-bond donors (Lipinski definition) is 1. The third-order valence-electron chi connectivity index (χ3n) is 4.84. The van der Waals surface area contributed by atoms with Crippen LogP contribution in [0.1, 0.15) is 85.5 Å². The van der Waals surface area contributed by atoms with E-state index in [-0.39, 0.29) is 6.42 Å². The Labute approximate surface area is 179 Å². The van der Waals surface area contributed by atoms with Gasteiger partial charge in [-0.05, 0) is 25.7 Å². The maximum Gasteiger partial charge on any atom is 0.344 e. The second kappa shape index (κ2) is 21.6. The Balaban J connectivity index is 0. The first kappa shape index (κ1) is 30.0. The van der Waals surface area contributed by atoms with Gasteiger partial charge in [0, 0.05) is 0 Å². The molecule has 0 amide bonds. The molecule has 1 atom stereocenters. The standard InChI is InChI=1S/C16H36N.C5H6BN2O4/c1-5-9-13-17(14-10-6-2,15-11-7-3)16-12-8-4;7-2-1-5(3-8)11-4-12-6(9)10/h5-16H2,1-4H3;5,9H,1,4H2/q+1;-1. The Morgan fingerprint density at radius 1 is 0.897 bits per heavy atom. The molecule has 0 aromatic rings. The van der Waals surface area contributed by atoms with Crippen molar-refractivity contribution < 1.29 is 23.9 Å². The molecule has 8 heteroatoms. The fourth-order valence-corrected chi connectivity index (χ4v) is 3.05. The minimum absolute atomic E-state index is 0.102. The number of nitrogens with zero attached hydrogens (tertiary/aromatic N) is 3. The van der Waals surface area contributed by atoms with Gasteiger partial charge in [-0.2, -0.15) is 10.5 Å². The summed E-state index contributed by atoms with van der Waals surface area (Å²) >= 11 is 0. The Bertz CT molecular complexity index is 401. The van der Waals surface area contributed by atoms with Crippen LogP contribution >= 0.6 is 0 Å². The van der Waals surface area contributed by atoms with E-state index in [1.165, 1.54) is 82.0 Å². The van der Waals surface area contributed by atoms with E-state index >= 15 is 0 Å². The van der Waals surface area contributed by atoms with E-state index < -0.39 is 20.2 Å². The van der Waals surface area contributed by atoms with Crippen molar-refractivity contribution in [1.29, 1.82) is 10.5 Å². The van der Waals surface area contributed by atoms with Crippen molar-refractivity contribution in [2.75, 3.05) is 33.0 Å². The second-order valence-corrected chi connectivity index (χ2v) is 7.39. The van der Waals surface area contributed by atoms with E-state index in [1.807, 2.05) is 0 Å². The van der Waals surface area contributed by atoms with E-state index in [1.54, 1.807) is 12.1 Å². The molecule has 0 fully saturated rings. The van der Waals surface area contributed by atoms with Crippen molar-refractivity contribution in [1.82, 2.24) is 0 Å². The molecule has 0 aliphatic carbocycles. The lowest BCUT2D eigenvalue weighted by molar-refractivity contribution is -0.929. The Morgan fingerprint density at radius 3 is 1.59 bits per heavy atom. The van der Waals surface area contributed by atoms with Crippen LogP contribution in [0.3, 0.4) is 0 Å². The van der Waals surface area contributed by atoms with Gasteiger partial charge in [-0.3, -0.25) is 0 Å². The molecular formula is C21H42BN3O4. The SMILES string of the molecule is CCCC[N+](CCCC)(CCCC)CCCC.N#CCC(C#N)OCOB([O-])O. The van der Waals surface area contributed by atoms with Crippen LogP contribution in [-0.2, 0) is 9.39 Å². The molecule has 0 heterocycles. The molecule has 0 aromatic heterocycles. The molecule has 0 aliphatic heterocycles. The zero-order valence-electron chi connectivity index (χ0n) is 19.1. The van der Waals surface area contributed by atoms with Gasteiger partial charge in [-0.25, -0.2) is 0 Å². The summed E-state index contributed by atoms with van der Waals surface area (Å²) in [4.78, 5) is 0. The van der Waals surface area contributed by atoms with Crippen molar-refractivity contribution in [3.8, 4) is 12.1 Å². The number of quaternary nitrogens is 1. The molecule has 0 spiro atoms. The van der Waals surface area contributed by atoms with Gasteiger partial charge in [0.05, 0.1) is 44.7 Å². The largest absolute Gasteiger partial charge is 0.832 e. The monoisotopic (exact) mass is 411 g/mol. The molecule has 1 N–H and O–H groups in total. The summed E-state index contributed by atoms with van der Waals surface area (Å²) in [6.45, 7) is 14.5. The second-order valence-electron chi connectivity index (χ2n) is 7.39. The molecule has 0 aliphatic rings. The molecule has 0 rings (SSSR count). The number of rotatable bonds is 17. The van der Waals surface area contributed by atoms with Gasteiger partial charge in [-0.15, -0.1) is 0 Å². The van der Waals surface area contributed by atoms with E-state index in [2.05, 4.69) is 37.1 Å². The Kier molecular flexibility index (Phi) is 22.3. The van der Waals surface area contributed by atoms with E-state index in [4.69, 9.17) is 15.5 Å². The zero-order valence-corrected chi connectivity index (χ0v) is 19.1. The molecule has 0 saturated carbocycles. The summed E-state index contributed by atoms with van der Waals surface area (Å²) in [6.07, 6.45) is 10.0. The maximum absolute atomic E-state index is 9.86. The zero-order chi connectivity index (χ0) is 22.4. The van der Waals surface area contributed by atoms with Gasteiger partial charge in [0.2, 0.25) is 0 Å². The molecular weight excluding hydrogens is 369 g/mol. The summed E-state index contributed by atoms with van der Waals surface area (Å²) in [5, 5.41) is 34.4. The van der Waals surface area contributed by atoms with Crippen LogP contribution in [0.15, 0.2) is 0 Å². The van der Waals surface area contributed by atoms with Crippen molar-refractivity contribution in [3.05, 3.63) is 0 Å². The highest BCUT2D eigenvalue weighted by Crippen LogP contribution is 2.16. The summed E-state index contributed by atoms with van der Waals surface area (Å²) in [7, 11) is -2.17. The van der Waals surface area contributed by atoms with Crippen LogP contribution in [-0.4, -0.2) is 55.9 Å². The normalized spacial score (nSPS) is 11.7. The quantitative estimate of drug-likeness (QED) is 0.224. The lowest BCUT2D eigenvalue weighted by Crippen LogP contribution is -2.50. The van der Waals surface area contributed by atoms with Crippen LogP contribution in [0, 0.1) is 22.7 Å². The van der Waals surface area contributed by atoms with Crippen LogP contribution < -0.4 is 5.02 Å². The van der Waals surface area contributed by atoms with Gasteiger partial charge in [0.1, 0.15) is 6.79 Å². The smallest absolute Gasteiger partial charge is 0.344 e. The van der Waals surface area contributed by atoms with Crippen molar-refractivity contribution in [2.45, 2.75) is 91.6 Å². The van der Waals surface area contributed by atoms with Gasteiger partial charge in [0.25, 0.3) is 0 Å². The average molecular weight is 411 g/mol. The number of ether oxygens (including phenoxy) is 1. The number of unbranched alkanes of at least 4 members (excludes halogenated alkanes) is 4. The van der Waals surface area contributed by atoms with Gasteiger partial charge < -0.3 is 23.9 Å². The molecule has 7 nitrogen and oxygen atoms in total. The molecule has 29 heavy (non-hydrogen) atoms. The van der Waals surface area contributed by atoms with Gasteiger partial charge in [-0.1, -0.05) is 53.4 Å². The first-order valence-corrected chi connectivity index (χ1v) is 11.1. The van der Waals surface area contributed by atoms with Crippen molar-refractivity contribution in [2.24, 2.45) is 0 Å². The molecule has 0 aromatic carbocycles. The molecule has 1 unspecified atom stereocenters. The maximum atomic E-state index is 9.86. The first-order chi connectivity index (χ1) is 13.9. The highest BCUT2D eigenvalue weighted by molar-refractivity contribution is 6.30. The van der Waals surface area contributed by atoms with Crippen LogP contribution in [0.2, 0.25) is 0 Å². The minimum Gasteiger partial charge on any atom is -0.832 e. The Morgan fingerprint density at radius 2 is 1.31 bits per heavy atom. The third kappa shape index (κ3) is 18.6. The average Bonchev–Trinajstić information content (AvgIpc) is 2.72. The highest BCUT2D eigenvalue weighted by atomic mass is 16.7. The fraction of sp³-hybridized carbons (Fsp3) is 0.905. The Hall–Kier alpha value is -1.16. The summed E-state index contributed by atoms with van der Waals surface area (Å²) in [5.74, 6) is 0. The topological polar surface area (TPSA) is 109 Å². The molecule has 168 valence electrons. The molecule has 0 saturated heterocycles. The van der Waals surface area contributed by atoms with Crippen molar-refractivity contribution in [3.63, 3.8) is 0 Å². The van der Waals surface area contributed by atoms with Crippen LogP contribution in [0.5, 0.6) is 0 Å². The highest BCUT2D eigenvalue weighted by Gasteiger charge is 2.24. The predicted molar refractivity (Wildman–Crippen MR) is 114 cm³/mol. The first-order valence-electron chi connectivity index (χ1n) is 11.1. The van der Waals surface area contributed by atoms with Crippen molar-refractivity contribution >= 4 is 7.32 Å². The van der Waals surface area contributed by atoms with E-state index in [9.17, 15) is 5.02 Å². The summed E-state index contributed by atoms with van der Waals surface area (Å²) < 4.78 is 10.0. The predicted octanol–water partition coefficient (Wildman–Crippen LogP) is 3.12. The minimum atomic E-state index is -2.17. The van der Waals surface area contributed by atoms with Crippen LogP contribution in [0.4, 0.5) is 0 Å². The molecule has 0 bridgehead atoms. The van der Waals surface area contributed by atoms with E-state index in [0.717, 1.165) is 0 Å². The van der Waals surface area contributed by atoms with Gasteiger partial charge in [0.15, 0.2) is 6.10 Å². The third-order valence-corrected chi connectivity index (χ3v) is 4.84. The lowest BCUT2D eigenvalue weighted by Gasteiger charge is -2.39. The van der Waals surface area contributed by atoms with Crippen LogP contribution in [0.25, 0.3) is 0 Å².